The molecule has 5 nitrogen and oxygen atoms in total. The van der Waals surface area contributed by atoms with E-state index in [0.29, 0.717) is 17.3 Å². The van der Waals surface area contributed by atoms with Gasteiger partial charge in [-0.05, 0) is 25.5 Å². The number of nitrogens with zero attached hydrogens (tertiary/aromatic N) is 3. The normalized spacial score (nSPS) is 13.9. The van der Waals surface area contributed by atoms with Crippen LogP contribution in [-0.2, 0) is 11.3 Å². The van der Waals surface area contributed by atoms with Gasteiger partial charge < -0.3 is 10.2 Å². The van der Waals surface area contributed by atoms with Crippen LogP contribution in [0.25, 0.3) is 0 Å². The van der Waals surface area contributed by atoms with Crippen molar-refractivity contribution in [2.45, 2.75) is 19.9 Å². The first kappa shape index (κ1) is 13.9. The lowest BCUT2D eigenvalue weighted by Gasteiger charge is -2.28. The van der Waals surface area contributed by atoms with Gasteiger partial charge in [0.15, 0.2) is 0 Å². The molecule has 1 amide bonds. The quantitative estimate of drug-likeness (QED) is 0.948. The third-order valence-corrected chi connectivity index (χ3v) is 3.81. The van der Waals surface area contributed by atoms with Gasteiger partial charge in [0.25, 0.3) is 0 Å². The predicted molar refractivity (Wildman–Crippen MR) is 83.9 cm³/mol. The molecule has 0 unspecified atom stereocenters. The van der Waals surface area contributed by atoms with Crippen molar-refractivity contribution in [3.8, 4) is 0 Å². The number of halogens is 1. The van der Waals surface area contributed by atoms with Crippen LogP contribution in [0.1, 0.15) is 12.1 Å². The van der Waals surface area contributed by atoms with Crippen molar-refractivity contribution in [3.05, 3.63) is 41.0 Å². The minimum Gasteiger partial charge on any atom is -0.347 e. The summed E-state index contributed by atoms with van der Waals surface area (Å²) in [5.74, 6) is 0.934. The molecule has 0 radical (unpaired) electrons. The Labute approximate surface area is 128 Å². The summed E-state index contributed by atoms with van der Waals surface area (Å²) in [5, 5.41) is 7.83. The van der Waals surface area contributed by atoms with E-state index in [1.54, 1.807) is 12.1 Å². The van der Waals surface area contributed by atoms with Crippen molar-refractivity contribution in [3.63, 3.8) is 0 Å². The zero-order valence-corrected chi connectivity index (χ0v) is 12.6. The van der Waals surface area contributed by atoms with Crippen LogP contribution in [0, 0.1) is 6.92 Å². The Bertz CT molecular complexity index is 667. The van der Waals surface area contributed by atoms with Gasteiger partial charge in [-0.15, -0.1) is 0 Å². The van der Waals surface area contributed by atoms with Crippen LogP contribution in [0.2, 0.25) is 5.02 Å². The molecule has 0 saturated heterocycles. The second-order valence-electron chi connectivity index (χ2n) is 5.17. The van der Waals surface area contributed by atoms with Gasteiger partial charge in [0, 0.05) is 19.2 Å². The summed E-state index contributed by atoms with van der Waals surface area (Å²) in [4.78, 5) is 14.3. The Kier molecular flexibility index (Phi) is 3.84. The molecule has 0 spiro atoms. The van der Waals surface area contributed by atoms with E-state index in [2.05, 4.69) is 15.3 Å². The van der Waals surface area contributed by atoms with Crippen LogP contribution < -0.4 is 10.2 Å². The summed E-state index contributed by atoms with van der Waals surface area (Å²) in [6.45, 7) is 4.04. The van der Waals surface area contributed by atoms with Gasteiger partial charge in [0.1, 0.15) is 5.82 Å². The lowest BCUT2D eigenvalue weighted by atomic mass is 10.3. The topological polar surface area (TPSA) is 50.2 Å². The van der Waals surface area contributed by atoms with Crippen LogP contribution in [-0.4, -0.2) is 28.8 Å². The molecular formula is C15H17ClN4O. The molecule has 0 saturated carbocycles. The number of anilines is 2. The van der Waals surface area contributed by atoms with Crippen LogP contribution in [0.3, 0.4) is 0 Å². The zero-order chi connectivity index (χ0) is 14.8. The molecule has 2 aromatic rings. The average molecular weight is 305 g/mol. The number of aryl methyl sites for hydroxylation is 2. The minimum atomic E-state index is -0.0737. The van der Waals surface area contributed by atoms with E-state index in [9.17, 15) is 4.79 Å². The monoisotopic (exact) mass is 304 g/mol. The first-order valence-corrected chi connectivity index (χ1v) is 7.35. The summed E-state index contributed by atoms with van der Waals surface area (Å²) in [6, 6.07) is 9.26. The second kappa shape index (κ2) is 5.77. The van der Waals surface area contributed by atoms with E-state index < -0.39 is 0 Å². The van der Waals surface area contributed by atoms with Crippen LogP contribution in [0.15, 0.2) is 30.3 Å². The average Bonchev–Trinajstić information content (AvgIpc) is 2.83. The highest BCUT2D eigenvalue weighted by atomic mass is 35.5. The van der Waals surface area contributed by atoms with Crippen LogP contribution >= 0.6 is 11.6 Å². The molecule has 1 aromatic carbocycles. The number of aromatic nitrogens is 2. The molecule has 1 aliphatic heterocycles. The smallest absolute Gasteiger partial charge is 0.243 e. The molecule has 3 rings (SSSR count). The number of carbonyl (C=O) groups excluding carboxylic acids is 1. The van der Waals surface area contributed by atoms with E-state index in [0.717, 1.165) is 31.0 Å². The predicted octanol–water partition coefficient (Wildman–Crippen LogP) is 2.69. The fourth-order valence-electron chi connectivity index (χ4n) is 2.56. The number of hydrogen-bond acceptors (Lipinski definition) is 3. The minimum absolute atomic E-state index is 0.0737. The number of fused-ring (bicyclic) bond motifs is 1. The zero-order valence-electron chi connectivity index (χ0n) is 11.8. The highest BCUT2D eigenvalue weighted by Crippen LogP contribution is 2.23. The van der Waals surface area contributed by atoms with Gasteiger partial charge in [-0.2, -0.15) is 5.10 Å². The van der Waals surface area contributed by atoms with Crippen molar-refractivity contribution >= 4 is 29.0 Å². The summed E-state index contributed by atoms with van der Waals surface area (Å²) < 4.78 is 1.96. The van der Waals surface area contributed by atoms with Gasteiger partial charge in [-0.25, -0.2) is 4.68 Å². The van der Waals surface area contributed by atoms with E-state index in [4.69, 9.17) is 11.6 Å². The summed E-state index contributed by atoms with van der Waals surface area (Å²) in [6.07, 6.45) is 0.994. The molecular weight excluding hydrogens is 288 g/mol. The first-order valence-electron chi connectivity index (χ1n) is 6.97. The summed E-state index contributed by atoms with van der Waals surface area (Å²) >= 11 is 6.05. The SMILES string of the molecule is Cc1cc2n(n1)CCCN2CC(=O)Nc1ccccc1Cl. The molecule has 0 bridgehead atoms. The molecule has 1 aromatic heterocycles. The highest BCUT2D eigenvalue weighted by molar-refractivity contribution is 6.33. The Morgan fingerprint density at radius 3 is 3.00 bits per heavy atom. The van der Waals surface area contributed by atoms with Crippen molar-refractivity contribution in [1.29, 1.82) is 0 Å². The molecule has 0 aliphatic carbocycles. The van der Waals surface area contributed by atoms with Gasteiger partial charge in [0.2, 0.25) is 5.91 Å². The number of carbonyl (C=O) groups is 1. The Balaban J connectivity index is 1.70. The number of nitrogens with one attached hydrogen (secondary N) is 1. The summed E-state index contributed by atoms with van der Waals surface area (Å²) in [5.41, 5.74) is 1.62. The maximum Gasteiger partial charge on any atom is 0.243 e. The van der Waals surface area contributed by atoms with Gasteiger partial charge in [0.05, 0.1) is 22.9 Å². The third-order valence-electron chi connectivity index (χ3n) is 3.49. The second-order valence-corrected chi connectivity index (χ2v) is 5.58. The molecule has 2 heterocycles. The van der Waals surface area contributed by atoms with Gasteiger partial charge in [-0.1, -0.05) is 23.7 Å². The molecule has 0 atom stereocenters. The lowest BCUT2D eigenvalue weighted by Crippen LogP contribution is -2.38. The molecule has 110 valence electrons. The van der Waals surface area contributed by atoms with Crippen LogP contribution in [0.5, 0.6) is 0 Å². The number of amides is 1. The van der Waals surface area contributed by atoms with Crippen molar-refractivity contribution in [1.82, 2.24) is 9.78 Å². The Morgan fingerprint density at radius 1 is 1.38 bits per heavy atom. The van der Waals surface area contributed by atoms with Gasteiger partial charge >= 0.3 is 0 Å². The molecule has 21 heavy (non-hydrogen) atoms. The number of para-hydroxylation sites is 1. The number of rotatable bonds is 3. The Morgan fingerprint density at radius 2 is 2.19 bits per heavy atom. The van der Waals surface area contributed by atoms with Gasteiger partial charge in [-0.3, -0.25) is 4.79 Å². The molecule has 1 aliphatic rings. The molecule has 6 heteroatoms. The van der Waals surface area contributed by atoms with E-state index in [1.165, 1.54) is 0 Å². The van der Waals surface area contributed by atoms with E-state index in [-0.39, 0.29) is 5.91 Å². The van der Waals surface area contributed by atoms with Crippen molar-refractivity contribution in [2.24, 2.45) is 0 Å². The highest BCUT2D eigenvalue weighted by Gasteiger charge is 2.20. The molecule has 1 N–H and O–H groups in total. The third kappa shape index (κ3) is 3.03. The largest absolute Gasteiger partial charge is 0.347 e. The first-order chi connectivity index (χ1) is 10.1. The van der Waals surface area contributed by atoms with Crippen molar-refractivity contribution < 1.29 is 4.79 Å². The molecule has 0 fully saturated rings. The maximum absolute atomic E-state index is 12.2. The number of benzene rings is 1. The fraction of sp³-hybridized carbons (Fsp3) is 0.333. The fourth-order valence-corrected chi connectivity index (χ4v) is 2.75. The van der Waals surface area contributed by atoms with E-state index in [1.807, 2.05) is 29.8 Å². The van der Waals surface area contributed by atoms with E-state index >= 15 is 0 Å². The summed E-state index contributed by atoms with van der Waals surface area (Å²) in [7, 11) is 0. The Hall–Kier alpha value is -2.01. The lowest BCUT2D eigenvalue weighted by molar-refractivity contribution is -0.115. The van der Waals surface area contributed by atoms with Crippen molar-refractivity contribution in [2.75, 3.05) is 23.3 Å². The van der Waals surface area contributed by atoms with Crippen LogP contribution in [0.4, 0.5) is 11.5 Å². The maximum atomic E-state index is 12.2. The standard InChI is InChI=1S/C15H17ClN4O/c1-11-9-15-19(7-4-8-20(15)18-11)10-14(21)17-13-6-3-2-5-12(13)16/h2-3,5-6,9H,4,7-8,10H2,1H3,(H,17,21). The number of hydrogen-bond donors (Lipinski definition) is 1.